The summed E-state index contributed by atoms with van der Waals surface area (Å²) in [6.07, 6.45) is 5.18. The molecule has 2 fully saturated rings. The fourth-order valence-electron chi connectivity index (χ4n) is 5.10. The fourth-order valence-corrected chi connectivity index (χ4v) is 5.10. The van der Waals surface area contributed by atoms with Crippen molar-refractivity contribution in [2.75, 3.05) is 24.6 Å². The third-order valence-electron chi connectivity index (χ3n) is 7.45. The number of anilines is 1. The highest BCUT2D eigenvalue weighted by atomic mass is 19.1. The van der Waals surface area contributed by atoms with Crippen LogP contribution in [0, 0.1) is 17.6 Å². The number of benzene rings is 1. The van der Waals surface area contributed by atoms with Crippen molar-refractivity contribution in [3.8, 4) is 5.88 Å². The minimum absolute atomic E-state index is 0.00273. The van der Waals surface area contributed by atoms with Gasteiger partial charge < -0.3 is 24.0 Å². The molecule has 5 heterocycles. The Bertz CT molecular complexity index is 1530. The van der Waals surface area contributed by atoms with E-state index in [-0.39, 0.29) is 24.0 Å². The van der Waals surface area contributed by atoms with Crippen molar-refractivity contribution in [3.63, 3.8) is 0 Å². The molecule has 10 nitrogen and oxygen atoms in total. The molecule has 0 bridgehead atoms. The zero-order valence-corrected chi connectivity index (χ0v) is 21.7. The van der Waals surface area contributed by atoms with Gasteiger partial charge in [0.1, 0.15) is 29.6 Å². The number of fused-ring (bicyclic) bond motifs is 1. The quantitative estimate of drug-likeness (QED) is 0.330. The first-order chi connectivity index (χ1) is 19.4. The number of carbonyl (C=O) groups is 1. The van der Waals surface area contributed by atoms with Crippen LogP contribution < -0.4 is 9.64 Å². The number of aromatic nitrogens is 5. The van der Waals surface area contributed by atoms with E-state index in [9.17, 15) is 18.7 Å². The highest BCUT2D eigenvalue weighted by molar-refractivity contribution is 5.88. The van der Waals surface area contributed by atoms with Gasteiger partial charge in [-0.1, -0.05) is 0 Å². The molecule has 0 spiro atoms. The lowest BCUT2D eigenvalue weighted by molar-refractivity contribution is -0.0591. The number of ether oxygens (including phenoxy) is 2. The normalized spacial score (nSPS) is 17.6. The molecule has 3 aromatic heterocycles. The summed E-state index contributed by atoms with van der Waals surface area (Å²) in [5, 5.41) is 9.41. The van der Waals surface area contributed by atoms with Crippen LogP contribution in [-0.2, 0) is 24.3 Å². The Morgan fingerprint density at radius 1 is 1.07 bits per heavy atom. The van der Waals surface area contributed by atoms with Crippen molar-refractivity contribution >= 4 is 23.1 Å². The van der Waals surface area contributed by atoms with Crippen molar-refractivity contribution in [3.05, 3.63) is 71.3 Å². The maximum absolute atomic E-state index is 13.9. The first-order valence-electron chi connectivity index (χ1n) is 13.3. The first kappa shape index (κ1) is 26.1. The Hall–Kier alpha value is -4.19. The van der Waals surface area contributed by atoms with Gasteiger partial charge in [-0.25, -0.2) is 28.5 Å². The monoisotopic (exact) mass is 550 g/mol. The lowest BCUT2D eigenvalue weighted by Crippen LogP contribution is -2.36. The minimum Gasteiger partial charge on any atom is -0.477 e. The van der Waals surface area contributed by atoms with E-state index in [0.717, 1.165) is 57.3 Å². The zero-order valence-electron chi connectivity index (χ0n) is 21.7. The summed E-state index contributed by atoms with van der Waals surface area (Å²) in [4.78, 5) is 31.7. The maximum Gasteiger partial charge on any atom is 0.354 e. The van der Waals surface area contributed by atoms with Crippen molar-refractivity contribution < 1.29 is 28.2 Å². The maximum atomic E-state index is 13.9. The van der Waals surface area contributed by atoms with E-state index in [1.54, 1.807) is 18.3 Å². The van der Waals surface area contributed by atoms with Crippen molar-refractivity contribution in [1.82, 2.24) is 24.5 Å². The van der Waals surface area contributed by atoms with E-state index in [0.29, 0.717) is 35.5 Å². The van der Waals surface area contributed by atoms with Gasteiger partial charge in [-0.3, -0.25) is 0 Å². The third kappa shape index (κ3) is 5.57. The van der Waals surface area contributed by atoms with E-state index in [2.05, 4.69) is 19.9 Å². The van der Waals surface area contributed by atoms with Gasteiger partial charge in [-0.2, -0.15) is 4.98 Å². The number of nitrogens with zero attached hydrogens (tertiary/aromatic N) is 6. The zero-order chi connectivity index (χ0) is 27.6. The number of halogens is 2. The molecule has 2 aliphatic heterocycles. The molecule has 0 unspecified atom stereocenters. The number of hydrogen-bond acceptors (Lipinski definition) is 8. The summed E-state index contributed by atoms with van der Waals surface area (Å²) in [5.74, 6) is -0.257. The second kappa shape index (κ2) is 11.1. The summed E-state index contributed by atoms with van der Waals surface area (Å²) in [6.45, 7) is 2.75. The second-order valence-corrected chi connectivity index (χ2v) is 10.1. The summed E-state index contributed by atoms with van der Waals surface area (Å²) >= 11 is 0. The molecule has 0 saturated carbocycles. The third-order valence-corrected chi connectivity index (χ3v) is 7.45. The first-order valence-corrected chi connectivity index (χ1v) is 13.3. The average Bonchev–Trinajstić information content (AvgIpc) is 3.26. The predicted molar refractivity (Wildman–Crippen MR) is 140 cm³/mol. The Kier molecular flexibility index (Phi) is 7.25. The lowest BCUT2D eigenvalue weighted by atomic mass is 9.93. The highest BCUT2D eigenvalue weighted by Gasteiger charge is 2.27. The average molecular weight is 551 g/mol. The lowest BCUT2D eigenvalue weighted by Gasteiger charge is -2.32. The predicted octanol–water partition coefficient (Wildman–Crippen LogP) is 4.02. The molecule has 1 aromatic carbocycles. The van der Waals surface area contributed by atoms with Crippen LogP contribution in [0.15, 0.2) is 42.6 Å². The van der Waals surface area contributed by atoms with Crippen molar-refractivity contribution in [1.29, 1.82) is 0 Å². The molecule has 6 rings (SSSR count). The molecule has 1 N–H and O–H groups in total. The molecule has 0 aliphatic carbocycles. The smallest absolute Gasteiger partial charge is 0.354 e. The SMILES string of the molecule is O=C(O)c1ccc2nc(CC3CCN(c4nccc(OCc5ccc(F)cc5F)n4)CC3)n(C[C@@H]3CCO3)c2n1. The molecule has 4 aromatic rings. The van der Waals surface area contributed by atoms with Crippen LogP contribution in [0.2, 0.25) is 0 Å². The van der Waals surface area contributed by atoms with Gasteiger partial charge in [0.05, 0.1) is 12.6 Å². The number of aromatic carboxylic acids is 1. The van der Waals surface area contributed by atoms with Gasteiger partial charge in [0.25, 0.3) is 0 Å². The molecule has 0 amide bonds. The summed E-state index contributed by atoms with van der Waals surface area (Å²) in [7, 11) is 0. The van der Waals surface area contributed by atoms with Gasteiger partial charge in [0, 0.05) is 50.0 Å². The second-order valence-electron chi connectivity index (χ2n) is 10.1. The Balaban J connectivity index is 1.11. The van der Waals surface area contributed by atoms with Gasteiger partial charge in [-0.05, 0) is 49.4 Å². The molecule has 208 valence electrons. The van der Waals surface area contributed by atoms with Crippen LogP contribution >= 0.6 is 0 Å². The molecular weight excluding hydrogens is 522 g/mol. The van der Waals surface area contributed by atoms with Crippen molar-refractivity contribution in [2.45, 2.75) is 44.9 Å². The Labute approximate surface area is 228 Å². The fraction of sp³-hybridized carbons (Fsp3) is 0.393. The van der Waals surface area contributed by atoms with Gasteiger partial charge in [0.2, 0.25) is 11.8 Å². The number of hydrogen-bond donors (Lipinski definition) is 1. The van der Waals surface area contributed by atoms with E-state index < -0.39 is 17.6 Å². The Morgan fingerprint density at radius 2 is 1.90 bits per heavy atom. The van der Waals surface area contributed by atoms with Crippen LogP contribution in [0.5, 0.6) is 5.88 Å². The molecular formula is C28H28F2N6O4. The summed E-state index contributed by atoms with van der Waals surface area (Å²) < 4.78 is 40.4. The minimum atomic E-state index is -1.07. The molecule has 40 heavy (non-hydrogen) atoms. The topological polar surface area (TPSA) is 115 Å². The number of piperidine rings is 1. The van der Waals surface area contributed by atoms with Gasteiger partial charge in [-0.15, -0.1) is 0 Å². The molecule has 1 atom stereocenters. The Morgan fingerprint density at radius 3 is 2.62 bits per heavy atom. The van der Waals surface area contributed by atoms with Gasteiger partial charge >= 0.3 is 5.97 Å². The van der Waals surface area contributed by atoms with E-state index in [1.807, 2.05) is 4.57 Å². The van der Waals surface area contributed by atoms with Gasteiger partial charge in [0.15, 0.2) is 11.3 Å². The number of rotatable bonds is 9. The van der Waals surface area contributed by atoms with Crippen LogP contribution in [0.25, 0.3) is 11.2 Å². The van der Waals surface area contributed by atoms with Crippen molar-refractivity contribution in [2.24, 2.45) is 5.92 Å². The van der Waals surface area contributed by atoms with E-state index in [4.69, 9.17) is 14.5 Å². The van der Waals surface area contributed by atoms with E-state index in [1.165, 1.54) is 18.2 Å². The largest absolute Gasteiger partial charge is 0.477 e. The summed E-state index contributed by atoms with van der Waals surface area (Å²) in [5.41, 5.74) is 1.50. The van der Waals surface area contributed by atoms with Crippen LogP contribution in [0.4, 0.5) is 14.7 Å². The molecule has 0 radical (unpaired) electrons. The van der Waals surface area contributed by atoms with E-state index >= 15 is 0 Å². The van der Waals surface area contributed by atoms with Crippen LogP contribution in [0.3, 0.4) is 0 Å². The number of carboxylic acids is 1. The standard InChI is InChI=1S/C28H28F2N6O4/c29-19-2-1-18(21(30)14-19)16-40-25-5-9-31-28(34-25)35-10-6-17(7-11-35)13-24-32-22-3-4-23(27(37)38)33-26(22)36(24)15-20-8-12-39-20/h1-5,9,14,17,20H,6-8,10-13,15-16H2,(H,37,38)/t20-/m0/s1. The highest BCUT2D eigenvalue weighted by Crippen LogP contribution is 2.27. The molecule has 12 heteroatoms. The van der Waals surface area contributed by atoms with Crippen LogP contribution in [-0.4, -0.2) is 61.4 Å². The number of imidazole rings is 1. The van der Waals surface area contributed by atoms with Crippen LogP contribution in [0.1, 0.15) is 41.1 Å². The molecule has 2 aliphatic rings. The number of pyridine rings is 1. The number of carboxylic acid groups (broad SMARTS) is 1. The summed E-state index contributed by atoms with van der Waals surface area (Å²) in [6, 6.07) is 8.18. The molecule has 2 saturated heterocycles.